The molecule has 0 heteroatoms. The topological polar surface area (TPSA) is 0 Å². The zero-order valence-electron chi connectivity index (χ0n) is 9.25. The molecule has 0 heterocycles. The Kier molecular flexibility index (Phi) is 7.47. The van der Waals surface area contributed by atoms with Crippen molar-refractivity contribution in [3.05, 3.63) is 30.7 Å². The van der Waals surface area contributed by atoms with Gasteiger partial charge in [0.15, 0.2) is 0 Å². The van der Waals surface area contributed by atoms with E-state index in [2.05, 4.69) is 30.7 Å². The van der Waals surface area contributed by atoms with Gasteiger partial charge in [0.05, 0.1) is 0 Å². The molecule has 0 aromatic carbocycles. The van der Waals surface area contributed by atoms with Crippen LogP contribution in [0.4, 0.5) is 0 Å². The van der Waals surface area contributed by atoms with Gasteiger partial charge in [-0.15, -0.1) is 0 Å². The molecule has 0 nitrogen and oxygen atoms in total. The number of hydrogen-bond donors (Lipinski definition) is 0. The first-order chi connectivity index (χ1) is 7.00. The molecule has 14 heavy (non-hydrogen) atoms. The first-order valence-corrected chi connectivity index (χ1v) is 6.12. The first kappa shape index (κ1) is 11.6. The second-order valence-electron chi connectivity index (χ2n) is 4.04. The summed E-state index contributed by atoms with van der Waals surface area (Å²) in [6.45, 7) is 0. The van der Waals surface area contributed by atoms with Crippen molar-refractivity contribution in [3.8, 4) is 0 Å². The van der Waals surface area contributed by atoms with E-state index in [1.54, 1.807) is 0 Å². The summed E-state index contributed by atoms with van der Waals surface area (Å²) in [5.41, 5.74) is 0. The molecular formula is C14H23. The molecule has 0 unspecified atom stereocenters. The zero-order chi connectivity index (χ0) is 9.90. The smallest absolute Gasteiger partial charge is 0.0319 e. The van der Waals surface area contributed by atoms with Gasteiger partial charge in [0.25, 0.3) is 0 Å². The Balaban J connectivity index is 2.15. The minimum absolute atomic E-state index is 1.17. The quantitative estimate of drug-likeness (QED) is 0.481. The van der Waals surface area contributed by atoms with Gasteiger partial charge < -0.3 is 0 Å². The maximum atomic E-state index is 2.40. The van der Waals surface area contributed by atoms with Crippen LogP contribution in [0.1, 0.15) is 57.8 Å². The second kappa shape index (κ2) is 9.05. The predicted octanol–water partition coefficient (Wildman–Crippen LogP) is 4.83. The van der Waals surface area contributed by atoms with Gasteiger partial charge in [-0.2, -0.15) is 0 Å². The molecule has 1 aliphatic carbocycles. The van der Waals surface area contributed by atoms with E-state index < -0.39 is 0 Å². The van der Waals surface area contributed by atoms with Crippen LogP contribution in [0.25, 0.3) is 0 Å². The van der Waals surface area contributed by atoms with Crippen LogP contribution in [0.5, 0.6) is 0 Å². The van der Waals surface area contributed by atoms with Gasteiger partial charge in [-0.25, -0.2) is 0 Å². The molecule has 0 saturated heterocycles. The summed E-state index contributed by atoms with van der Waals surface area (Å²) in [7, 11) is 0. The molecule has 79 valence electrons. The van der Waals surface area contributed by atoms with Gasteiger partial charge in [0.2, 0.25) is 0 Å². The second-order valence-corrected chi connectivity index (χ2v) is 4.04. The summed E-state index contributed by atoms with van der Waals surface area (Å²) in [6, 6.07) is 0. The van der Waals surface area contributed by atoms with Crippen molar-refractivity contribution in [1.29, 1.82) is 0 Å². The Morgan fingerprint density at radius 2 is 1.14 bits per heavy atom. The van der Waals surface area contributed by atoms with Gasteiger partial charge in [-0.1, -0.05) is 30.7 Å². The third-order valence-electron chi connectivity index (χ3n) is 2.66. The summed E-state index contributed by atoms with van der Waals surface area (Å²) >= 11 is 0. The summed E-state index contributed by atoms with van der Waals surface area (Å²) in [4.78, 5) is 0. The maximum absolute atomic E-state index is 2.40. The molecule has 0 bridgehead atoms. The summed E-state index contributed by atoms with van der Waals surface area (Å²) in [6.07, 6.45) is 23.5. The largest absolute Gasteiger partial charge is 0.0885 e. The van der Waals surface area contributed by atoms with Crippen molar-refractivity contribution in [2.45, 2.75) is 57.8 Å². The van der Waals surface area contributed by atoms with E-state index in [1.165, 1.54) is 57.8 Å². The van der Waals surface area contributed by atoms with Crippen LogP contribution in [-0.4, -0.2) is 0 Å². The van der Waals surface area contributed by atoms with Crippen LogP contribution in [0.2, 0.25) is 0 Å². The Morgan fingerprint density at radius 3 is 1.93 bits per heavy atom. The Morgan fingerprint density at radius 1 is 0.500 bits per heavy atom. The van der Waals surface area contributed by atoms with Crippen molar-refractivity contribution < 1.29 is 0 Å². The summed E-state index contributed by atoms with van der Waals surface area (Å²) in [5.74, 6) is 0. The highest BCUT2D eigenvalue weighted by molar-refractivity contribution is 4.88. The van der Waals surface area contributed by atoms with Gasteiger partial charge in [0.1, 0.15) is 0 Å². The summed E-state index contributed by atoms with van der Waals surface area (Å²) in [5, 5.41) is 0. The monoisotopic (exact) mass is 191 g/mol. The SMILES string of the molecule is [CH]1CC=CCCCCCC=CCCC1. The molecule has 1 aliphatic rings. The third-order valence-corrected chi connectivity index (χ3v) is 2.66. The minimum Gasteiger partial charge on any atom is -0.0885 e. The lowest BCUT2D eigenvalue weighted by Crippen LogP contribution is -1.79. The first-order valence-electron chi connectivity index (χ1n) is 6.12. The average Bonchev–Trinajstić information content (AvgIpc) is 2.22. The summed E-state index contributed by atoms with van der Waals surface area (Å²) < 4.78 is 0. The van der Waals surface area contributed by atoms with Crippen LogP contribution in [-0.2, 0) is 0 Å². The zero-order valence-corrected chi connectivity index (χ0v) is 9.25. The van der Waals surface area contributed by atoms with Crippen LogP contribution >= 0.6 is 0 Å². The highest BCUT2D eigenvalue weighted by Crippen LogP contribution is 2.08. The van der Waals surface area contributed by atoms with E-state index >= 15 is 0 Å². The Labute approximate surface area is 89.1 Å². The normalized spacial score (nSPS) is 21.7. The lowest BCUT2D eigenvalue weighted by atomic mass is 10.1. The van der Waals surface area contributed by atoms with Crippen molar-refractivity contribution >= 4 is 0 Å². The Bertz CT molecular complexity index is 129. The molecule has 0 amide bonds. The molecule has 0 saturated carbocycles. The van der Waals surface area contributed by atoms with Crippen molar-refractivity contribution in [3.63, 3.8) is 0 Å². The van der Waals surface area contributed by atoms with Crippen molar-refractivity contribution in [1.82, 2.24) is 0 Å². The van der Waals surface area contributed by atoms with Crippen LogP contribution in [0.15, 0.2) is 24.3 Å². The average molecular weight is 191 g/mol. The number of allylic oxidation sites excluding steroid dienone is 4. The van der Waals surface area contributed by atoms with Gasteiger partial charge in [-0.05, 0) is 57.8 Å². The maximum Gasteiger partial charge on any atom is -0.0319 e. The lowest BCUT2D eigenvalue weighted by molar-refractivity contribution is 0.692. The van der Waals surface area contributed by atoms with E-state index in [-0.39, 0.29) is 0 Å². The molecule has 0 aromatic rings. The molecule has 0 N–H and O–H groups in total. The highest BCUT2D eigenvalue weighted by atomic mass is 14.0. The predicted molar refractivity (Wildman–Crippen MR) is 64.1 cm³/mol. The molecular weight excluding hydrogens is 168 g/mol. The van der Waals surface area contributed by atoms with Gasteiger partial charge >= 0.3 is 0 Å². The fourth-order valence-corrected chi connectivity index (χ4v) is 1.75. The third kappa shape index (κ3) is 6.94. The molecule has 0 spiro atoms. The van der Waals surface area contributed by atoms with E-state index in [0.717, 1.165) is 0 Å². The van der Waals surface area contributed by atoms with E-state index in [1.807, 2.05) is 0 Å². The molecule has 0 atom stereocenters. The van der Waals surface area contributed by atoms with Crippen LogP contribution < -0.4 is 0 Å². The van der Waals surface area contributed by atoms with Crippen molar-refractivity contribution in [2.24, 2.45) is 0 Å². The fourth-order valence-electron chi connectivity index (χ4n) is 1.75. The minimum atomic E-state index is 1.17. The van der Waals surface area contributed by atoms with E-state index in [0.29, 0.717) is 0 Å². The fraction of sp³-hybridized carbons (Fsp3) is 0.643. The van der Waals surface area contributed by atoms with Crippen LogP contribution in [0, 0.1) is 6.42 Å². The number of rotatable bonds is 0. The highest BCUT2D eigenvalue weighted by Gasteiger charge is 1.89. The number of hydrogen-bond acceptors (Lipinski definition) is 0. The molecule has 0 aliphatic heterocycles. The van der Waals surface area contributed by atoms with Crippen molar-refractivity contribution in [2.75, 3.05) is 0 Å². The molecule has 0 fully saturated rings. The van der Waals surface area contributed by atoms with Crippen LogP contribution in [0.3, 0.4) is 0 Å². The molecule has 1 rings (SSSR count). The Hall–Kier alpha value is -0.520. The lowest BCUT2D eigenvalue weighted by Gasteiger charge is -1.98. The standard InChI is InChI=1S/C14H23/c1-2-4-6-8-10-12-14-13-11-9-7-5-3-1/h1-2,5,13-14H,3-4,6-12H2. The van der Waals surface area contributed by atoms with E-state index in [9.17, 15) is 0 Å². The molecule has 0 aromatic heterocycles. The van der Waals surface area contributed by atoms with Gasteiger partial charge in [0, 0.05) is 0 Å². The van der Waals surface area contributed by atoms with E-state index in [4.69, 9.17) is 0 Å². The molecule has 1 radical (unpaired) electrons. The van der Waals surface area contributed by atoms with Gasteiger partial charge in [-0.3, -0.25) is 0 Å².